The Morgan fingerprint density at radius 1 is 0.980 bits per heavy atom. The number of nitriles is 1. The molecule has 1 heterocycles. The molecule has 4 aromatic rings. The van der Waals surface area contributed by atoms with Crippen molar-refractivity contribution in [2.75, 3.05) is 20.3 Å². The quantitative estimate of drug-likeness (QED) is 0.142. The number of aliphatic hydroxyl groups is 1. The number of ether oxygens (including phenoxy) is 3. The van der Waals surface area contributed by atoms with Gasteiger partial charge in [0.15, 0.2) is 11.5 Å². The number of methoxy groups -OCH3 is 1. The average Bonchev–Trinajstić information content (AvgIpc) is 3.09. The second kappa shape index (κ2) is 16.2. The number of alkyl carbamates (subject to hydrolysis) is 1. The molecule has 262 valence electrons. The molecule has 3 aromatic carbocycles. The van der Waals surface area contributed by atoms with E-state index in [0.29, 0.717) is 11.1 Å². The lowest BCUT2D eigenvalue weighted by Crippen LogP contribution is -2.41. The number of nitrogens with one attached hydrogen (secondary N) is 2. The molecule has 0 aliphatic rings. The van der Waals surface area contributed by atoms with Gasteiger partial charge >= 0.3 is 12.3 Å². The molecule has 0 aliphatic heterocycles. The minimum Gasteiger partial charge on any atom is -0.493 e. The minimum atomic E-state index is -4.84. The molecule has 3 N–H and O–H groups in total. The number of benzene rings is 3. The second-order valence-electron chi connectivity index (χ2n) is 12.0. The van der Waals surface area contributed by atoms with Gasteiger partial charge in [-0.2, -0.15) is 18.4 Å². The molecule has 0 spiro atoms. The van der Waals surface area contributed by atoms with Gasteiger partial charge in [-0.25, -0.2) is 4.79 Å². The van der Waals surface area contributed by atoms with Crippen molar-refractivity contribution in [2.45, 2.75) is 51.1 Å². The summed E-state index contributed by atoms with van der Waals surface area (Å²) >= 11 is 0. The third kappa shape index (κ3) is 9.96. The van der Waals surface area contributed by atoms with Crippen LogP contribution in [0.15, 0.2) is 84.9 Å². The maximum atomic E-state index is 14.7. The number of halogens is 3. The van der Waals surface area contributed by atoms with E-state index >= 15 is 0 Å². The number of nitrogens with zero attached hydrogens (tertiary/aromatic N) is 2. The smallest absolute Gasteiger partial charge is 0.408 e. The van der Waals surface area contributed by atoms with Crippen molar-refractivity contribution in [2.24, 2.45) is 0 Å². The zero-order valence-electron chi connectivity index (χ0n) is 27.9. The summed E-state index contributed by atoms with van der Waals surface area (Å²) in [5, 5.41) is 23.8. The van der Waals surface area contributed by atoms with Crippen molar-refractivity contribution in [1.82, 2.24) is 15.6 Å². The predicted octanol–water partition coefficient (Wildman–Crippen LogP) is 6.63. The number of rotatable bonds is 13. The zero-order chi connectivity index (χ0) is 36.5. The Morgan fingerprint density at radius 2 is 1.68 bits per heavy atom. The number of alkyl halides is 3. The Hall–Kier alpha value is -5.61. The Labute approximate surface area is 287 Å². The molecule has 0 aliphatic carbocycles. The highest BCUT2D eigenvalue weighted by atomic mass is 19.4. The van der Waals surface area contributed by atoms with Gasteiger partial charge in [0.1, 0.15) is 19.1 Å². The molecular formula is C37H37F3N4O6. The molecule has 1 unspecified atom stereocenters. The van der Waals surface area contributed by atoms with Crippen molar-refractivity contribution >= 4 is 12.0 Å². The van der Waals surface area contributed by atoms with Crippen LogP contribution in [-0.2, 0) is 16.9 Å². The number of pyridine rings is 1. The van der Waals surface area contributed by atoms with Crippen LogP contribution < -0.4 is 20.1 Å². The lowest BCUT2D eigenvalue weighted by molar-refractivity contribution is -0.149. The summed E-state index contributed by atoms with van der Waals surface area (Å²) in [7, 11) is 1.34. The largest absolute Gasteiger partial charge is 0.493 e. The van der Waals surface area contributed by atoms with E-state index in [1.54, 1.807) is 56.3 Å². The van der Waals surface area contributed by atoms with E-state index in [4.69, 9.17) is 14.2 Å². The van der Waals surface area contributed by atoms with Crippen LogP contribution in [0.5, 0.6) is 11.5 Å². The molecule has 1 aromatic heterocycles. The summed E-state index contributed by atoms with van der Waals surface area (Å²) < 4.78 is 60.3. The first-order chi connectivity index (χ1) is 23.7. The van der Waals surface area contributed by atoms with Gasteiger partial charge in [-0.3, -0.25) is 9.78 Å². The van der Waals surface area contributed by atoms with E-state index in [2.05, 4.69) is 15.6 Å². The fourth-order valence-electron chi connectivity index (χ4n) is 4.86. The highest BCUT2D eigenvalue weighted by molar-refractivity contribution is 5.95. The van der Waals surface area contributed by atoms with Gasteiger partial charge in [0.2, 0.25) is 0 Å². The van der Waals surface area contributed by atoms with Crippen LogP contribution in [-0.4, -0.2) is 54.6 Å². The first-order valence-corrected chi connectivity index (χ1v) is 15.6. The topological polar surface area (TPSA) is 143 Å². The molecule has 10 nitrogen and oxygen atoms in total. The molecule has 13 heteroatoms. The highest BCUT2D eigenvalue weighted by Crippen LogP contribution is 2.37. The summed E-state index contributed by atoms with van der Waals surface area (Å²) in [6, 6.07) is 24.1. The summed E-state index contributed by atoms with van der Waals surface area (Å²) in [4.78, 5) is 30.3. The average molecular weight is 691 g/mol. The van der Waals surface area contributed by atoms with Crippen molar-refractivity contribution < 1.29 is 42.1 Å². The van der Waals surface area contributed by atoms with Gasteiger partial charge in [0.25, 0.3) is 5.91 Å². The third-order valence-corrected chi connectivity index (χ3v) is 7.63. The molecule has 2 amide bonds. The molecule has 4 rings (SSSR count). The lowest BCUT2D eigenvalue weighted by Gasteiger charge is -2.29. The number of amides is 2. The van der Waals surface area contributed by atoms with Crippen LogP contribution in [0.2, 0.25) is 0 Å². The molecule has 2 atom stereocenters. The Kier molecular flexibility index (Phi) is 12.1. The molecule has 0 radical (unpaired) electrons. The summed E-state index contributed by atoms with van der Waals surface area (Å²) in [6.07, 6.45) is -6.39. The predicted molar refractivity (Wildman–Crippen MR) is 178 cm³/mol. The Balaban J connectivity index is 1.64. The second-order valence-corrected chi connectivity index (χ2v) is 12.0. The van der Waals surface area contributed by atoms with Crippen molar-refractivity contribution in [1.29, 1.82) is 5.26 Å². The SMILES string of the molecule is COc1cc(C(=O)NCC(c2cc(C(C)(C)NC(=O)OCc3ccccc3)cc(-c3ccc(C#N)cc3)n2)C(F)(F)F)ccc1OC[C@@H](C)O. The molecule has 0 bridgehead atoms. The van der Waals surface area contributed by atoms with E-state index in [1.165, 1.54) is 50.4 Å². The fourth-order valence-corrected chi connectivity index (χ4v) is 4.86. The van der Waals surface area contributed by atoms with E-state index in [0.717, 1.165) is 5.56 Å². The monoisotopic (exact) mass is 690 g/mol. The van der Waals surface area contributed by atoms with Gasteiger partial charge in [0, 0.05) is 17.7 Å². The van der Waals surface area contributed by atoms with Crippen LogP contribution in [0, 0.1) is 11.3 Å². The summed E-state index contributed by atoms with van der Waals surface area (Å²) in [5.41, 5.74) is 0.370. The van der Waals surface area contributed by atoms with Crippen molar-refractivity contribution in [3.8, 4) is 28.8 Å². The standard InChI is InChI=1S/C37H37F3N4O6/c1-23(45)21-49-32-15-14-27(16-33(32)48-4)34(46)42-20-29(37(38,39)40)31-18-28(17-30(43-31)26-12-10-24(19-41)11-13-26)36(2,3)44-35(47)50-22-25-8-6-5-7-9-25/h5-18,23,29,45H,20-22H2,1-4H3,(H,42,46)(H,44,47)/t23-,29?/m1/s1. The van der Waals surface area contributed by atoms with Gasteiger partial charge in [-0.1, -0.05) is 42.5 Å². The van der Waals surface area contributed by atoms with E-state index < -0.39 is 48.0 Å². The first-order valence-electron chi connectivity index (χ1n) is 15.6. The highest BCUT2D eigenvalue weighted by Gasteiger charge is 2.43. The lowest BCUT2D eigenvalue weighted by atomic mass is 9.90. The Bertz CT molecular complexity index is 1820. The normalized spacial score (nSPS) is 12.6. The minimum absolute atomic E-state index is 0.0137. The number of hydrogen-bond acceptors (Lipinski definition) is 8. The van der Waals surface area contributed by atoms with Crippen LogP contribution in [0.1, 0.15) is 59.4 Å². The van der Waals surface area contributed by atoms with Gasteiger partial charge in [-0.15, -0.1) is 0 Å². The van der Waals surface area contributed by atoms with Crippen molar-refractivity contribution in [3.63, 3.8) is 0 Å². The number of carbonyl (C=O) groups excluding carboxylic acids is 2. The van der Waals surface area contributed by atoms with Gasteiger partial charge in [-0.05, 0) is 74.4 Å². The van der Waals surface area contributed by atoms with E-state index in [1.807, 2.05) is 12.1 Å². The zero-order valence-corrected chi connectivity index (χ0v) is 27.9. The summed E-state index contributed by atoms with van der Waals surface area (Å²) in [5.74, 6) is -2.65. The van der Waals surface area contributed by atoms with Gasteiger partial charge < -0.3 is 30.0 Å². The van der Waals surface area contributed by atoms with Crippen LogP contribution >= 0.6 is 0 Å². The Morgan fingerprint density at radius 3 is 2.30 bits per heavy atom. The van der Waals surface area contributed by atoms with Gasteiger partial charge in [0.05, 0.1) is 41.8 Å². The molecule has 50 heavy (non-hydrogen) atoms. The fraction of sp³-hybridized carbons (Fsp3) is 0.297. The number of carbonyl (C=O) groups is 2. The van der Waals surface area contributed by atoms with Crippen LogP contribution in [0.4, 0.5) is 18.0 Å². The first kappa shape index (κ1) is 37.2. The molecule has 0 saturated carbocycles. The number of hydrogen-bond donors (Lipinski definition) is 3. The van der Waals surface area contributed by atoms with E-state index in [9.17, 15) is 33.1 Å². The van der Waals surface area contributed by atoms with Crippen LogP contribution in [0.25, 0.3) is 11.3 Å². The van der Waals surface area contributed by atoms with Crippen molar-refractivity contribution in [3.05, 3.63) is 113 Å². The molecular weight excluding hydrogens is 653 g/mol. The molecule has 0 saturated heterocycles. The maximum absolute atomic E-state index is 14.7. The summed E-state index contributed by atoms with van der Waals surface area (Å²) in [6.45, 7) is 3.85. The maximum Gasteiger partial charge on any atom is 0.408 e. The molecule has 0 fully saturated rings. The van der Waals surface area contributed by atoms with Crippen LogP contribution in [0.3, 0.4) is 0 Å². The third-order valence-electron chi connectivity index (χ3n) is 7.63. The number of aromatic nitrogens is 1. The number of aliphatic hydroxyl groups excluding tert-OH is 1. The van der Waals surface area contributed by atoms with E-state index in [-0.39, 0.29) is 41.5 Å².